The first-order chi connectivity index (χ1) is 30.8. The molecule has 0 saturated carbocycles. The van der Waals surface area contributed by atoms with Crippen molar-refractivity contribution in [1.29, 1.82) is 0 Å². The molecule has 290 valence electrons. The summed E-state index contributed by atoms with van der Waals surface area (Å²) in [5, 5.41) is 8.31. The zero-order valence-electron chi connectivity index (χ0n) is 33.7. The molecule has 0 amide bonds. The minimum absolute atomic E-state index is 0.658. The number of hydrogen-bond donors (Lipinski definition) is 0. The van der Waals surface area contributed by atoms with E-state index in [1.54, 1.807) is 0 Å². The van der Waals surface area contributed by atoms with Crippen LogP contribution in [-0.2, 0) is 0 Å². The molecule has 62 heavy (non-hydrogen) atoms. The minimum Gasteiger partial charge on any atom is -0.309 e. The predicted octanol–water partition coefficient (Wildman–Crippen LogP) is 15.0. The molecule has 0 fully saturated rings. The maximum absolute atomic E-state index is 5.27. The second-order valence-corrected chi connectivity index (χ2v) is 15.7. The molecular weight excluding hydrogens is 753 g/mol. The van der Waals surface area contributed by atoms with Crippen molar-refractivity contribution in [1.82, 2.24) is 19.1 Å². The lowest BCUT2D eigenvalue weighted by atomic mass is 9.97. The molecule has 0 spiro atoms. The highest BCUT2D eigenvalue weighted by atomic mass is 15.2. The monoisotopic (exact) mass is 790 g/mol. The normalized spacial score (nSPS) is 12.1. The summed E-state index contributed by atoms with van der Waals surface area (Å²) in [5.41, 5.74) is 13.3. The van der Waals surface area contributed by atoms with Crippen LogP contribution in [0.2, 0.25) is 0 Å². The summed E-state index contributed by atoms with van der Waals surface area (Å²) in [4.78, 5) is 10.4. The number of para-hydroxylation sites is 4. The first-order valence-corrected chi connectivity index (χ1v) is 21.1. The first kappa shape index (κ1) is 35.6. The summed E-state index contributed by atoms with van der Waals surface area (Å²) in [5.74, 6) is 0.658. The van der Waals surface area contributed by atoms with E-state index in [1.807, 2.05) is 12.1 Å². The van der Waals surface area contributed by atoms with Crippen LogP contribution < -0.4 is 0 Å². The van der Waals surface area contributed by atoms with E-state index in [9.17, 15) is 0 Å². The third-order valence-electron chi connectivity index (χ3n) is 12.2. The lowest BCUT2D eigenvalue weighted by molar-refractivity contribution is 1.01. The van der Waals surface area contributed by atoms with E-state index >= 15 is 0 Å². The summed E-state index contributed by atoms with van der Waals surface area (Å²) in [6.07, 6.45) is 8.80. The van der Waals surface area contributed by atoms with Crippen molar-refractivity contribution in [3.8, 4) is 34.0 Å². The number of benzene rings is 9. The predicted molar refractivity (Wildman–Crippen MR) is 261 cm³/mol. The topological polar surface area (TPSA) is 35.6 Å². The van der Waals surface area contributed by atoms with Gasteiger partial charge in [0.15, 0.2) is 0 Å². The fraction of sp³-hybridized carbons (Fsp3) is 0. The number of hydrogen-bond acceptors (Lipinski definition) is 2. The van der Waals surface area contributed by atoms with Crippen molar-refractivity contribution >= 4 is 77.4 Å². The van der Waals surface area contributed by atoms with Gasteiger partial charge in [-0.05, 0) is 76.2 Å². The van der Waals surface area contributed by atoms with Gasteiger partial charge in [-0.15, -0.1) is 0 Å². The van der Waals surface area contributed by atoms with E-state index in [2.05, 4.69) is 228 Å². The molecule has 12 aromatic rings. The van der Waals surface area contributed by atoms with Gasteiger partial charge in [-0.25, -0.2) is 9.97 Å². The third-order valence-corrected chi connectivity index (χ3v) is 12.2. The zero-order chi connectivity index (χ0) is 41.0. The molecule has 12 rings (SSSR count). The molecule has 0 unspecified atom stereocenters. The molecule has 0 saturated heterocycles. The molecule has 0 N–H and O–H groups in total. The SMILES string of the molecule is C(=C/c1ccccc1-c1ccc2c(c1)c1ccccc1n2-c1nc(-c2ccccc2)c2ccccc2n1)/C=C/c1cc2c3ccccc3n(-c3ccccc3)c2c2ccccc12. The Labute approximate surface area is 358 Å². The van der Waals surface area contributed by atoms with E-state index in [4.69, 9.17) is 9.97 Å². The Morgan fingerprint density at radius 1 is 0.355 bits per heavy atom. The number of nitrogens with zero attached hydrogens (tertiary/aromatic N) is 4. The van der Waals surface area contributed by atoms with Crippen molar-refractivity contribution in [3.05, 3.63) is 230 Å². The van der Waals surface area contributed by atoms with Crippen LogP contribution in [0.4, 0.5) is 0 Å². The highest BCUT2D eigenvalue weighted by molar-refractivity contribution is 6.20. The zero-order valence-corrected chi connectivity index (χ0v) is 33.7. The Morgan fingerprint density at radius 3 is 1.73 bits per heavy atom. The molecule has 3 heterocycles. The Hall–Kier alpha value is -8.34. The maximum Gasteiger partial charge on any atom is 0.235 e. The van der Waals surface area contributed by atoms with Gasteiger partial charge in [0.2, 0.25) is 5.95 Å². The van der Waals surface area contributed by atoms with Gasteiger partial charge in [0.05, 0.1) is 33.3 Å². The summed E-state index contributed by atoms with van der Waals surface area (Å²) >= 11 is 0. The van der Waals surface area contributed by atoms with Crippen molar-refractivity contribution in [3.63, 3.8) is 0 Å². The van der Waals surface area contributed by atoms with Gasteiger partial charge in [0.1, 0.15) is 0 Å². The van der Waals surface area contributed by atoms with Gasteiger partial charge in [-0.3, -0.25) is 4.57 Å². The maximum atomic E-state index is 5.27. The second-order valence-electron chi connectivity index (χ2n) is 15.7. The quantitative estimate of drug-likeness (QED) is 0.151. The Kier molecular flexibility index (Phi) is 8.46. The van der Waals surface area contributed by atoms with Crippen molar-refractivity contribution in [2.75, 3.05) is 0 Å². The highest BCUT2D eigenvalue weighted by Crippen LogP contribution is 2.40. The van der Waals surface area contributed by atoms with Crippen LogP contribution in [0.25, 0.3) is 111 Å². The smallest absolute Gasteiger partial charge is 0.235 e. The molecule has 0 aliphatic rings. The lowest BCUT2D eigenvalue weighted by Crippen LogP contribution is -2.03. The van der Waals surface area contributed by atoms with E-state index in [0.29, 0.717) is 5.95 Å². The summed E-state index contributed by atoms with van der Waals surface area (Å²) < 4.78 is 4.62. The molecule has 0 bridgehead atoms. The molecule has 0 aliphatic heterocycles. The summed E-state index contributed by atoms with van der Waals surface area (Å²) in [6.45, 7) is 0. The lowest BCUT2D eigenvalue weighted by Gasteiger charge is -2.12. The van der Waals surface area contributed by atoms with E-state index in [1.165, 1.54) is 43.7 Å². The van der Waals surface area contributed by atoms with Crippen molar-refractivity contribution < 1.29 is 0 Å². The van der Waals surface area contributed by atoms with E-state index < -0.39 is 0 Å². The molecule has 4 heteroatoms. The Balaban J connectivity index is 0.936. The average molecular weight is 791 g/mol. The molecular formula is C58H38N4. The van der Waals surface area contributed by atoms with Gasteiger partial charge in [0, 0.05) is 43.6 Å². The Morgan fingerprint density at radius 2 is 0.935 bits per heavy atom. The largest absolute Gasteiger partial charge is 0.309 e. The molecule has 0 radical (unpaired) electrons. The molecule has 3 aromatic heterocycles. The van der Waals surface area contributed by atoms with E-state index in [0.717, 1.165) is 60.8 Å². The van der Waals surface area contributed by atoms with Gasteiger partial charge in [-0.2, -0.15) is 0 Å². The molecule has 0 aliphatic carbocycles. The standard InChI is InChI=1S/C58H38N4/c1-3-21-40(22-4-1)56-49-31-13-16-32-52(49)59-58(60-56)62-54-34-18-14-28-46(54)50-37-42(35-36-55(50)62)44-26-10-9-20-39(44)19-7-8-23-41-38-51-47-29-15-17-33-53(47)61(43-24-5-2-6-25-43)57(51)48-30-12-11-27-45(41)48/h1-38H/b19-7-,23-8+. The van der Waals surface area contributed by atoms with Crippen LogP contribution in [0.3, 0.4) is 0 Å². The van der Waals surface area contributed by atoms with Crippen LogP contribution >= 0.6 is 0 Å². The van der Waals surface area contributed by atoms with Crippen LogP contribution in [0, 0.1) is 0 Å². The number of fused-ring (bicyclic) bond motifs is 9. The fourth-order valence-electron chi connectivity index (χ4n) is 9.39. The molecule has 9 aromatic carbocycles. The van der Waals surface area contributed by atoms with Gasteiger partial charge < -0.3 is 4.57 Å². The minimum atomic E-state index is 0.658. The number of rotatable bonds is 7. The van der Waals surface area contributed by atoms with Gasteiger partial charge in [-0.1, -0.05) is 182 Å². The van der Waals surface area contributed by atoms with Crippen LogP contribution in [0.15, 0.2) is 218 Å². The summed E-state index contributed by atoms with van der Waals surface area (Å²) in [6, 6.07) is 73.2. The molecule has 0 atom stereocenters. The fourth-order valence-corrected chi connectivity index (χ4v) is 9.39. The van der Waals surface area contributed by atoms with Crippen molar-refractivity contribution in [2.45, 2.75) is 0 Å². The first-order valence-electron chi connectivity index (χ1n) is 21.1. The van der Waals surface area contributed by atoms with Crippen molar-refractivity contribution in [2.24, 2.45) is 0 Å². The van der Waals surface area contributed by atoms with Crippen LogP contribution in [-0.4, -0.2) is 19.1 Å². The number of aromatic nitrogens is 4. The summed E-state index contributed by atoms with van der Waals surface area (Å²) in [7, 11) is 0. The van der Waals surface area contributed by atoms with Gasteiger partial charge >= 0.3 is 0 Å². The average Bonchev–Trinajstić information content (AvgIpc) is 3.86. The van der Waals surface area contributed by atoms with Crippen LogP contribution in [0.1, 0.15) is 11.1 Å². The third kappa shape index (κ3) is 5.84. The van der Waals surface area contributed by atoms with Gasteiger partial charge in [0.25, 0.3) is 0 Å². The Bertz CT molecular complexity index is 3740. The molecule has 4 nitrogen and oxygen atoms in total. The number of allylic oxidation sites excluding steroid dienone is 2. The highest BCUT2D eigenvalue weighted by Gasteiger charge is 2.19. The second kappa shape index (κ2) is 14.7. The van der Waals surface area contributed by atoms with Crippen LogP contribution in [0.5, 0.6) is 0 Å². The van der Waals surface area contributed by atoms with E-state index in [-0.39, 0.29) is 0 Å².